The van der Waals surface area contributed by atoms with Crippen molar-refractivity contribution in [2.24, 2.45) is 11.8 Å². The molecule has 1 aromatic carbocycles. The highest BCUT2D eigenvalue weighted by Gasteiger charge is 2.38. The highest BCUT2D eigenvalue weighted by atomic mass is 16.2. The van der Waals surface area contributed by atoms with E-state index >= 15 is 0 Å². The molecule has 160 valence electrons. The SMILES string of the molecule is C=C1CCC(N2Cc3cc(CCC(=O)CC4CCC(C)CC4)ccc3C2=O)C(=O)N1. The third-order valence-electron chi connectivity index (χ3n) is 7.04. The van der Waals surface area contributed by atoms with Crippen LogP contribution in [0.15, 0.2) is 30.5 Å². The molecule has 2 aliphatic heterocycles. The summed E-state index contributed by atoms with van der Waals surface area (Å²) in [6, 6.07) is 5.43. The van der Waals surface area contributed by atoms with E-state index in [1.807, 2.05) is 18.2 Å². The molecule has 1 saturated heterocycles. The van der Waals surface area contributed by atoms with Gasteiger partial charge in [0.1, 0.15) is 11.8 Å². The Labute approximate surface area is 178 Å². The molecule has 4 rings (SSSR count). The minimum absolute atomic E-state index is 0.0770. The summed E-state index contributed by atoms with van der Waals surface area (Å²) in [6.45, 7) is 6.57. The van der Waals surface area contributed by atoms with E-state index in [9.17, 15) is 14.4 Å². The number of benzene rings is 1. The molecular formula is C25H32N2O3. The summed E-state index contributed by atoms with van der Waals surface area (Å²) >= 11 is 0. The number of allylic oxidation sites excluding steroid dienone is 1. The molecule has 1 N–H and O–H groups in total. The average Bonchev–Trinajstić information content (AvgIpc) is 3.04. The molecule has 30 heavy (non-hydrogen) atoms. The second-order valence-corrected chi connectivity index (χ2v) is 9.44. The second kappa shape index (κ2) is 8.75. The first-order valence-corrected chi connectivity index (χ1v) is 11.3. The van der Waals surface area contributed by atoms with Crippen LogP contribution in [0.5, 0.6) is 0 Å². The van der Waals surface area contributed by atoms with Crippen LogP contribution in [0.1, 0.15) is 79.8 Å². The number of nitrogens with zero attached hydrogens (tertiary/aromatic N) is 1. The summed E-state index contributed by atoms with van der Waals surface area (Å²) in [4.78, 5) is 39.3. The zero-order valence-electron chi connectivity index (χ0n) is 17.9. The number of fused-ring (bicyclic) bond motifs is 1. The van der Waals surface area contributed by atoms with Crippen molar-refractivity contribution >= 4 is 17.6 Å². The van der Waals surface area contributed by atoms with Gasteiger partial charge < -0.3 is 10.2 Å². The molecule has 1 atom stereocenters. The number of nitrogens with one attached hydrogen (secondary N) is 1. The van der Waals surface area contributed by atoms with Gasteiger partial charge in [-0.2, -0.15) is 0 Å². The summed E-state index contributed by atoms with van der Waals surface area (Å²) in [5.41, 5.74) is 3.45. The molecule has 5 heteroatoms. The van der Waals surface area contributed by atoms with E-state index in [-0.39, 0.29) is 11.8 Å². The second-order valence-electron chi connectivity index (χ2n) is 9.44. The Bertz CT molecular complexity index is 867. The van der Waals surface area contributed by atoms with Gasteiger partial charge >= 0.3 is 0 Å². The van der Waals surface area contributed by atoms with Gasteiger partial charge in [-0.3, -0.25) is 14.4 Å². The normalized spacial score (nSPS) is 26.5. The van der Waals surface area contributed by atoms with Gasteiger partial charge in [0.05, 0.1) is 0 Å². The Morgan fingerprint density at radius 3 is 2.67 bits per heavy atom. The first kappa shape index (κ1) is 20.8. The highest BCUT2D eigenvalue weighted by molar-refractivity contribution is 6.01. The quantitative estimate of drug-likeness (QED) is 0.769. The molecule has 0 bridgehead atoms. The first-order chi connectivity index (χ1) is 14.4. The third-order valence-corrected chi connectivity index (χ3v) is 7.04. The number of ketones is 1. The van der Waals surface area contributed by atoms with Crippen molar-refractivity contribution in [2.45, 2.75) is 77.3 Å². The van der Waals surface area contributed by atoms with Crippen LogP contribution in [0.3, 0.4) is 0 Å². The Morgan fingerprint density at radius 2 is 1.93 bits per heavy atom. The zero-order valence-corrected chi connectivity index (χ0v) is 17.9. The molecule has 0 spiro atoms. The predicted octanol–water partition coefficient (Wildman–Crippen LogP) is 4.15. The van der Waals surface area contributed by atoms with Crippen LogP contribution in [-0.2, 0) is 22.6 Å². The van der Waals surface area contributed by atoms with Gasteiger partial charge in [-0.1, -0.05) is 38.5 Å². The number of rotatable bonds is 6. The topological polar surface area (TPSA) is 66.5 Å². The van der Waals surface area contributed by atoms with E-state index in [4.69, 9.17) is 0 Å². The number of aryl methyl sites for hydroxylation is 1. The lowest BCUT2D eigenvalue weighted by Crippen LogP contribution is -2.49. The highest BCUT2D eigenvalue weighted by Crippen LogP contribution is 2.31. The smallest absolute Gasteiger partial charge is 0.255 e. The summed E-state index contributed by atoms with van der Waals surface area (Å²) in [5, 5.41) is 2.77. The van der Waals surface area contributed by atoms with Gasteiger partial charge in [0.25, 0.3) is 5.91 Å². The maximum absolute atomic E-state index is 12.8. The molecule has 1 saturated carbocycles. The van der Waals surface area contributed by atoms with E-state index in [0.29, 0.717) is 55.9 Å². The minimum atomic E-state index is -0.432. The lowest BCUT2D eigenvalue weighted by atomic mass is 9.80. The van der Waals surface area contributed by atoms with E-state index in [1.165, 1.54) is 25.7 Å². The zero-order chi connectivity index (χ0) is 21.3. The first-order valence-electron chi connectivity index (χ1n) is 11.3. The van der Waals surface area contributed by atoms with Crippen LogP contribution < -0.4 is 5.32 Å². The Morgan fingerprint density at radius 1 is 1.17 bits per heavy atom. The monoisotopic (exact) mass is 408 g/mol. The fraction of sp³-hybridized carbons (Fsp3) is 0.560. The van der Waals surface area contributed by atoms with Crippen LogP contribution in [0.4, 0.5) is 0 Å². The van der Waals surface area contributed by atoms with Crippen molar-refractivity contribution in [1.82, 2.24) is 10.2 Å². The largest absolute Gasteiger partial charge is 0.329 e. The molecule has 1 unspecified atom stereocenters. The molecule has 3 aliphatic rings. The summed E-state index contributed by atoms with van der Waals surface area (Å²) in [6.07, 6.45) is 8.18. The van der Waals surface area contributed by atoms with Crippen molar-refractivity contribution in [3.63, 3.8) is 0 Å². The van der Waals surface area contributed by atoms with Gasteiger partial charge in [0.2, 0.25) is 5.91 Å². The van der Waals surface area contributed by atoms with Gasteiger partial charge in [-0.25, -0.2) is 0 Å². The molecule has 2 heterocycles. The number of hydrogen-bond donors (Lipinski definition) is 1. The molecule has 0 radical (unpaired) electrons. The summed E-state index contributed by atoms with van der Waals surface area (Å²) < 4.78 is 0. The molecule has 1 aliphatic carbocycles. The number of carbonyl (C=O) groups is 3. The van der Waals surface area contributed by atoms with E-state index in [1.54, 1.807) is 4.90 Å². The fourth-order valence-corrected chi connectivity index (χ4v) is 5.10. The Hall–Kier alpha value is -2.43. The number of Topliss-reactive ketones (excluding diaryl/α,β-unsaturated/α-hetero) is 1. The minimum Gasteiger partial charge on any atom is -0.329 e. The number of hydrogen-bond acceptors (Lipinski definition) is 3. The molecular weight excluding hydrogens is 376 g/mol. The standard InChI is InChI=1S/C25H32N2O3/c1-16-3-6-19(7-4-16)14-21(28)10-8-18-9-11-22-20(13-18)15-27(25(22)30)23-12-5-17(2)26-24(23)29/h9,11,13,16,19,23H,2-8,10,12,14-15H2,1H3,(H,26,29). The van der Waals surface area contributed by atoms with Crippen LogP contribution in [0.25, 0.3) is 0 Å². The Kier molecular flexibility index (Phi) is 6.07. The van der Waals surface area contributed by atoms with Crippen LogP contribution in [0.2, 0.25) is 0 Å². The number of carbonyl (C=O) groups excluding carboxylic acids is 3. The fourth-order valence-electron chi connectivity index (χ4n) is 5.10. The van der Waals surface area contributed by atoms with Crippen molar-refractivity contribution in [2.75, 3.05) is 0 Å². The predicted molar refractivity (Wildman–Crippen MR) is 116 cm³/mol. The van der Waals surface area contributed by atoms with Crippen molar-refractivity contribution < 1.29 is 14.4 Å². The van der Waals surface area contributed by atoms with Gasteiger partial charge in [0, 0.05) is 30.6 Å². The summed E-state index contributed by atoms with van der Waals surface area (Å²) in [5.74, 6) is 1.51. The van der Waals surface area contributed by atoms with Crippen molar-refractivity contribution in [3.8, 4) is 0 Å². The molecule has 2 fully saturated rings. The van der Waals surface area contributed by atoms with Gasteiger partial charge in [-0.05, 0) is 61.1 Å². The van der Waals surface area contributed by atoms with E-state index in [2.05, 4.69) is 18.8 Å². The third kappa shape index (κ3) is 4.50. The maximum Gasteiger partial charge on any atom is 0.255 e. The van der Waals surface area contributed by atoms with E-state index < -0.39 is 6.04 Å². The maximum atomic E-state index is 12.8. The Balaban J connectivity index is 1.33. The molecule has 1 aromatic rings. The number of piperidine rings is 1. The van der Waals surface area contributed by atoms with Crippen LogP contribution in [0, 0.1) is 11.8 Å². The number of amides is 2. The van der Waals surface area contributed by atoms with Crippen molar-refractivity contribution in [3.05, 3.63) is 47.2 Å². The van der Waals surface area contributed by atoms with Crippen LogP contribution in [-0.4, -0.2) is 28.5 Å². The van der Waals surface area contributed by atoms with Crippen LogP contribution >= 0.6 is 0 Å². The van der Waals surface area contributed by atoms with E-state index in [0.717, 1.165) is 22.7 Å². The van der Waals surface area contributed by atoms with Gasteiger partial charge in [-0.15, -0.1) is 0 Å². The van der Waals surface area contributed by atoms with Crippen molar-refractivity contribution in [1.29, 1.82) is 0 Å². The average molecular weight is 409 g/mol. The van der Waals surface area contributed by atoms with Gasteiger partial charge in [0.15, 0.2) is 0 Å². The lowest BCUT2D eigenvalue weighted by molar-refractivity contribution is -0.126. The molecule has 5 nitrogen and oxygen atoms in total. The lowest BCUT2D eigenvalue weighted by Gasteiger charge is -2.30. The molecule has 0 aromatic heterocycles. The summed E-state index contributed by atoms with van der Waals surface area (Å²) in [7, 11) is 0. The molecule has 2 amide bonds.